The van der Waals surface area contributed by atoms with Gasteiger partial charge in [-0.3, -0.25) is 0 Å². The van der Waals surface area contributed by atoms with Gasteiger partial charge < -0.3 is 19.5 Å². The Balaban J connectivity index is 2.07. The Bertz CT molecular complexity index is 672. The Morgan fingerprint density at radius 2 is 2.18 bits per heavy atom. The number of rotatable bonds is 5. The zero-order valence-electron chi connectivity index (χ0n) is 12.7. The van der Waals surface area contributed by atoms with E-state index < -0.39 is 0 Å². The molecule has 0 amide bonds. The number of benzene rings is 1. The van der Waals surface area contributed by atoms with Gasteiger partial charge in [-0.05, 0) is 41.9 Å². The van der Waals surface area contributed by atoms with Crippen LogP contribution in [0.3, 0.4) is 0 Å². The summed E-state index contributed by atoms with van der Waals surface area (Å²) in [4.78, 5) is 4.53. The summed E-state index contributed by atoms with van der Waals surface area (Å²) in [7, 11) is 1.64. The molecule has 1 aliphatic heterocycles. The fraction of sp³-hybridized carbons (Fsp3) is 0.438. The summed E-state index contributed by atoms with van der Waals surface area (Å²) >= 11 is 3.52. The van der Waals surface area contributed by atoms with Gasteiger partial charge in [0.25, 0.3) is 0 Å². The van der Waals surface area contributed by atoms with Crippen molar-refractivity contribution < 1.29 is 14.2 Å². The Labute approximate surface area is 138 Å². The maximum atomic E-state index is 6.16. The quantitative estimate of drug-likeness (QED) is 0.880. The average Bonchev–Trinajstić information content (AvgIpc) is 3.01. The highest BCUT2D eigenvalue weighted by molar-refractivity contribution is 9.10. The standard InChI is InChI=1S/C16H19BrN2O3/c1-3-21-16-8-14(22-10-4-5-18-9-10)11-6-12(17)15(20-2)7-13(11)19-16/h6-8,10,18H,3-5,9H2,1-2H3. The van der Waals surface area contributed by atoms with Gasteiger partial charge in [-0.25, -0.2) is 4.98 Å². The predicted octanol–water partition coefficient (Wildman–Crippen LogP) is 3.15. The van der Waals surface area contributed by atoms with Crippen LogP contribution in [0.1, 0.15) is 13.3 Å². The third-order valence-corrected chi connectivity index (χ3v) is 4.24. The maximum Gasteiger partial charge on any atom is 0.217 e. The van der Waals surface area contributed by atoms with Crippen LogP contribution < -0.4 is 19.5 Å². The van der Waals surface area contributed by atoms with Gasteiger partial charge in [0.05, 0.1) is 23.7 Å². The molecule has 1 N–H and O–H groups in total. The molecule has 5 nitrogen and oxygen atoms in total. The minimum Gasteiger partial charge on any atom is -0.495 e. The molecule has 22 heavy (non-hydrogen) atoms. The van der Waals surface area contributed by atoms with E-state index in [1.165, 1.54) is 0 Å². The van der Waals surface area contributed by atoms with Gasteiger partial charge >= 0.3 is 0 Å². The van der Waals surface area contributed by atoms with E-state index in [0.29, 0.717) is 12.5 Å². The van der Waals surface area contributed by atoms with E-state index in [2.05, 4.69) is 26.2 Å². The number of hydrogen-bond donors (Lipinski definition) is 1. The Morgan fingerprint density at radius 3 is 2.86 bits per heavy atom. The van der Waals surface area contributed by atoms with Crippen molar-refractivity contribution >= 4 is 26.8 Å². The van der Waals surface area contributed by atoms with E-state index in [4.69, 9.17) is 14.2 Å². The van der Waals surface area contributed by atoms with Crippen molar-refractivity contribution in [2.45, 2.75) is 19.4 Å². The summed E-state index contributed by atoms with van der Waals surface area (Å²) in [6.45, 7) is 4.36. The SMILES string of the molecule is CCOc1cc(OC2CCNC2)c2cc(Br)c(OC)cc2n1. The number of ether oxygens (including phenoxy) is 3. The van der Waals surface area contributed by atoms with Crippen LogP contribution in [-0.2, 0) is 0 Å². The number of nitrogens with one attached hydrogen (secondary N) is 1. The number of methoxy groups -OCH3 is 1. The molecule has 3 rings (SSSR count). The zero-order valence-corrected chi connectivity index (χ0v) is 14.3. The van der Waals surface area contributed by atoms with Gasteiger partial charge in [0, 0.05) is 24.1 Å². The normalized spacial score (nSPS) is 17.7. The van der Waals surface area contributed by atoms with Crippen molar-refractivity contribution in [1.82, 2.24) is 10.3 Å². The lowest BCUT2D eigenvalue weighted by Crippen LogP contribution is -2.19. The fourth-order valence-corrected chi connectivity index (χ4v) is 3.06. The molecule has 2 heterocycles. The highest BCUT2D eigenvalue weighted by Gasteiger charge is 2.19. The molecule has 1 aromatic heterocycles. The van der Waals surface area contributed by atoms with Gasteiger partial charge in [0.2, 0.25) is 5.88 Å². The molecule has 118 valence electrons. The van der Waals surface area contributed by atoms with Crippen molar-refractivity contribution in [3.8, 4) is 17.4 Å². The summed E-state index contributed by atoms with van der Waals surface area (Å²) in [5.41, 5.74) is 0.798. The second-order valence-corrected chi connectivity index (χ2v) is 5.98. The first-order valence-electron chi connectivity index (χ1n) is 7.39. The maximum absolute atomic E-state index is 6.16. The summed E-state index contributed by atoms with van der Waals surface area (Å²) < 4.78 is 17.9. The van der Waals surface area contributed by atoms with Gasteiger partial charge in [-0.15, -0.1) is 0 Å². The van der Waals surface area contributed by atoms with Crippen molar-refractivity contribution in [3.05, 3.63) is 22.7 Å². The molecule has 0 saturated carbocycles. The molecule has 1 aromatic carbocycles. The first kappa shape index (κ1) is 15.4. The molecule has 2 aromatic rings. The summed E-state index contributed by atoms with van der Waals surface area (Å²) in [5.74, 6) is 2.10. The second-order valence-electron chi connectivity index (χ2n) is 5.13. The molecular weight excluding hydrogens is 348 g/mol. The first-order chi connectivity index (χ1) is 10.7. The lowest BCUT2D eigenvalue weighted by atomic mass is 10.2. The van der Waals surface area contributed by atoms with E-state index in [-0.39, 0.29) is 6.10 Å². The lowest BCUT2D eigenvalue weighted by molar-refractivity contribution is 0.224. The predicted molar refractivity (Wildman–Crippen MR) is 89.1 cm³/mol. The average molecular weight is 367 g/mol. The third-order valence-electron chi connectivity index (χ3n) is 3.62. The number of fused-ring (bicyclic) bond motifs is 1. The minimum absolute atomic E-state index is 0.181. The van der Waals surface area contributed by atoms with Gasteiger partial charge in [0.15, 0.2) is 0 Å². The minimum atomic E-state index is 0.181. The smallest absolute Gasteiger partial charge is 0.217 e. The van der Waals surface area contributed by atoms with Crippen molar-refractivity contribution in [1.29, 1.82) is 0 Å². The largest absolute Gasteiger partial charge is 0.495 e. The zero-order chi connectivity index (χ0) is 15.5. The Morgan fingerprint density at radius 1 is 1.32 bits per heavy atom. The number of pyridine rings is 1. The Hall–Kier alpha value is -1.53. The van der Waals surface area contributed by atoms with Crippen LogP contribution in [0.5, 0.6) is 17.4 Å². The molecule has 1 fully saturated rings. The molecule has 1 aliphatic rings. The van der Waals surface area contributed by atoms with Crippen LogP contribution in [0.25, 0.3) is 10.9 Å². The van der Waals surface area contributed by atoms with Gasteiger partial charge in [0.1, 0.15) is 17.6 Å². The highest BCUT2D eigenvalue weighted by atomic mass is 79.9. The number of aromatic nitrogens is 1. The van der Waals surface area contributed by atoms with Crippen molar-refractivity contribution in [2.24, 2.45) is 0 Å². The van der Waals surface area contributed by atoms with Crippen LogP contribution in [0.2, 0.25) is 0 Å². The number of nitrogens with zero attached hydrogens (tertiary/aromatic N) is 1. The molecule has 1 unspecified atom stereocenters. The molecule has 0 spiro atoms. The second kappa shape index (κ2) is 6.71. The summed E-state index contributed by atoms with van der Waals surface area (Å²) in [6.07, 6.45) is 1.19. The molecule has 1 atom stereocenters. The van der Waals surface area contributed by atoms with E-state index in [0.717, 1.165) is 46.4 Å². The van der Waals surface area contributed by atoms with E-state index in [9.17, 15) is 0 Å². The lowest BCUT2D eigenvalue weighted by Gasteiger charge is -2.16. The monoisotopic (exact) mass is 366 g/mol. The topological polar surface area (TPSA) is 52.6 Å². The molecule has 0 bridgehead atoms. The van der Waals surface area contributed by atoms with E-state index >= 15 is 0 Å². The van der Waals surface area contributed by atoms with Crippen LogP contribution >= 0.6 is 15.9 Å². The van der Waals surface area contributed by atoms with E-state index in [1.807, 2.05) is 25.1 Å². The summed E-state index contributed by atoms with van der Waals surface area (Å²) in [5, 5.41) is 4.26. The summed E-state index contributed by atoms with van der Waals surface area (Å²) in [6, 6.07) is 5.74. The molecular formula is C16H19BrN2O3. The molecule has 0 radical (unpaired) electrons. The fourth-order valence-electron chi connectivity index (χ4n) is 2.56. The number of hydrogen-bond acceptors (Lipinski definition) is 5. The number of halogens is 1. The van der Waals surface area contributed by atoms with Crippen LogP contribution in [-0.4, -0.2) is 37.9 Å². The molecule has 6 heteroatoms. The molecule has 1 saturated heterocycles. The first-order valence-corrected chi connectivity index (χ1v) is 8.19. The molecule has 0 aliphatic carbocycles. The van der Waals surface area contributed by atoms with Crippen LogP contribution in [0, 0.1) is 0 Å². The van der Waals surface area contributed by atoms with Gasteiger partial charge in [-0.1, -0.05) is 0 Å². The van der Waals surface area contributed by atoms with Crippen LogP contribution in [0.15, 0.2) is 22.7 Å². The van der Waals surface area contributed by atoms with Crippen molar-refractivity contribution in [3.63, 3.8) is 0 Å². The van der Waals surface area contributed by atoms with Crippen LogP contribution in [0.4, 0.5) is 0 Å². The van der Waals surface area contributed by atoms with Gasteiger partial charge in [-0.2, -0.15) is 0 Å². The highest BCUT2D eigenvalue weighted by Crippen LogP contribution is 2.36. The van der Waals surface area contributed by atoms with E-state index in [1.54, 1.807) is 7.11 Å². The van der Waals surface area contributed by atoms with Crippen molar-refractivity contribution in [2.75, 3.05) is 26.8 Å². The third kappa shape index (κ3) is 3.13. The Kier molecular flexibility index (Phi) is 4.69.